The molecule has 1 aliphatic rings. The summed E-state index contributed by atoms with van der Waals surface area (Å²) in [6.07, 6.45) is 2.57. The normalized spacial score (nSPS) is 19.1. The molecule has 5 heteroatoms. The molecule has 0 bridgehead atoms. The molecular weight excluding hydrogens is 220 g/mol. The zero-order valence-electron chi connectivity index (χ0n) is 10.8. The van der Waals surface area contributed by atoms with E-state index < -0.39 is 0 Å². The number of hydrogen-bond acceptors (Lipinski definition) is 4. The number of rotatable bonds is 5. The van der Waals surface area contributed by atoms with Crippen LogP contribution in [-0.4, -0.2) is 54.5 Å². The van der Waals surface area contributed by atoms with Crippen LogP contribution in [0.5, 0.6) is 0 Å². The van der Waals surface area contributed by atoms with Crippen molar-refractivity contribution in [2.75, 3.05) is 26.3 Å². The molecule has 0 aromatic heterocycles. The first-order chi connectivity index (χ1) is 8.21. The third-order valence-corrected chi connectivity index (χ3v) is 3.21. The van der Waals surface area contributed by atoms with Crippen molar-refractivity contribution in [3.63, 3.8) is 0 Å². The Balaban J connectivity index is 2.28. The number of carbonyl (C=O) groups is 1. The predicted molar refractivity (Wildman–Crippen MR) is 65.9 cm³/mol. The van der Waals surface area contributed by atoms with Crippen LogP contribution in [0.3, 0.4) is 0 Å². The molecule has 0 aromatic rings. The Bertz CT molecular complexity index is 224. The number of likely N-dealkylation sites (tertiary alicyclic amines) is 1. The van der Waals surface area contributed by atoms with Crippen molar-refractivity contribution < 1.29 is 14.6 Å². The molecule has 2 N–H and O–H groups in total. The van der Waals surface area contributed by atoms with Crippen molar-refractivity contribution in [3.8, 4) is 0 Å². The number of piperidine rings is 1. The first-order valence-electron chi connectivity index (χ1n) is 6.49. The average Bonchev–Trinajstić information content (AvgIpc) is 2.37. The molecule has 1 rings (SSSR count). The van der Waals surface area contributed by atoms with Crippen LogP contribution in [0.2, 0.25) is 0 Å². The Kier molecular flexibility index (Phi) is 6.29. The predicted octanol–water partition coefficient (Wildman–Crippen LogP) is 0.968. The van der Waals surface area contributed by atoms with Gasteiger partial charge in [0.1, 0.15) is 0 Å². The van der Waals surface area contributed by atoms with Gasteiger partial charge in [-0.3, -0.25) is 0 Å². The van der Waals surface area contributed by atoms with Crippen LogP contribution in [0.4, 0.5) is 4.79 Å². The Morgan fingerprint density at radius 3 is 2.59 bits per heavy atom. The molecule has 1 heterocycles. The molecule has 0 spiro atoms. The van der Waals surface area contributed by atoms with Gasteiger partial charge in [-0.25, -0.2) is 4.79 Å². The fraction of sp³-hybridized carbons (Fsp3) is 0.917. The summed E-state index contributed by atoms with van der Waals surface area (Å²) in [4.78, 5) is 13.2. The molecule has 1 saturated heterocycles. The minimum atomic E-state index is -0.208. The SMILES string of the molecule is CCOC(=O)N1CCC(N[C@@H](CC)CO)CC1. The number of carbonyl (C=O) groups excluding carboxylic acids is 1. The molecule has 0 radical (unpaired) electrons. The van der Waals surface area contributed by atoms with Crippen LogP contribution in [0.1, 0.15) is 33.1 Å². The van der Waals surface area contributed by atoms with Crippen LogP contribution < -0.4 is 5.32 Å². The van der Waals surface area contributed by atoms with Crippen molar-refractivity contribution in [1.29, 1.82) is 0 Å². The van der Waals surface area contributed by atoms with Crippen molar-refractivity contribution in [3.05, 3.63) is 0 Å². The maximum absolute atomic E-state index is 11.5. The lowest BCUT2D eigenvalue weighted by Gasteiger charge is -2.33. The topological polar surface area (TPSA) is 61.8 Å². The largest absolute Gasteiger partial charge is 0.450 e. The third-order valence-electron chi connectivity index (χ3n) is 3.21. The highest BCUT2D eigenvalue weighted by Crippen LogP contribution is 2.12. The lowest BCUT2D eigenvalue weighted by Crippen LogP contribution is -2.48. The molecule has 5 nitrogen and oxygen atoms in total. The summed E-state index contributed by atoms with van der Waals surface area (Å²) in [6, 6.07) is 0.576. The van der Waals surface area contributed by atoms with Gasteiger partial charge in [0.25, 0.3) is 0 Å². The number of amides is 1. The van der Waals surface area contributed by atoms with Crippen molar-refractivity contribution in [2.45, 2.75) is 45.2 Å². The molecule has 1 aliphatic heterocycles. The van der Waals surface area contributed by atoms with Crippen molar-refractivity contribution in [1.82, 2.24) is 10.2 Å². The number of hydrogen-bond donors (Lipinski definition) is 2. The van der Waals surface area contributed by atoms with Gasteiger partial charge in [0.2, 0.25) is 0 Å². The Hall–Kier alpha value is -0.810. The van der Waals surface area contributed by atoms with Gasteiger partial charge in [-0.15, -0.1) is 0 Å². The molecule has 0 saturated carbocycles. The average molecular weight is 244 g/mol. The highest BCUT2D eigenvalue weighted by molar-refractivity contribution is 5.67. The number of aliphatic hydroxyl groups is 1. The second-order valence-corrected chi connectivity index (χ2v) is 4.41. The van der Waals surface area contributed by atoms with Crippen LogP contribution in [0.15, 0.2) is 0 Å². The van der Waals surface area contributed by atoms with E-state index in [0.29, 0.717) is 12.6 Å². The zero-order valence-corrected chi connectivity index (χ0v) is 10.8. The number of nitrogens with one attached hydrogen (secondary N) is 1. The molecule has 0 aromatic carbocycles. The van der Waals surface area contributed by atoms with Gasteiger partial charge >= 0.3 is 6.09 Å². The van der Waals surface area contributed by atoms with Gasteiger partial charge < -0.3 is 20.1 Å². The number of aliphatic hydroxyl groups excluding tert-OH is 1. The monoisotopic (exact) mass is 244 g/mol. The molecule has 17 heavy (non-hydrogen) atoms. The van der Waals surface area contributed by atoms with E-state index in [-0.39, 0.29) is 18.7 Å². The lowest BCUT2D eigenvalue weighted by molar-refractivity contribution is 0.0927. The summed E-state index contributed by atoms with van der Waals surface area (Å²) in [5, 5.41) is 12.5. The zero-order chi connectivity index (χ0) is 12.7. The quantitative estimate of drug-likeness (QED) is 0.756. The fourth-order valence-electron chi connectivity index (χ4n) is 2.08. The smallest absolute Gasteiger partial charge is 0.409 e. The molecule has 100 valence electrons. The molecule has 0 aliphatic carbocycles. The van der Waals surface area contributed by atoms with E-state index in [1.165, 1.54) is 0 Å². The lowest BCUT2D eigenvalue weighted by atomic mass is 10.0. The Morgan fingerprint density at radius 1 is 1.47 bits per heavy atom. The highest BCUT2D eigenvalue weighted by Gasteiger charge is 2.24. The minimum Gasteiger partial charge on any atom is -0.450 e. The summed E-state index contributed by atoms with van der Waals surface area (Å²) in [7, 11) is 0. The summed E-state index contributed by atoms with van der Waals surface area (Å²) < 4.78 is 4.97. The van der Waals surface area contributed by atoms with E-state index in [9.17, 15) is 4.79 Å². The molecule has 0 unspecified atom stereocenters. The van der Waals surface area contributed by atoms with E-state index in [1.54, 1.807) is 4.90 Å². The van der Waals surface area contributed by atoms with E-state index in [2.05, 4.69) is 12.2 Å². The number of ether oxygens (including phenoxy) is 1. The first kappa shape index (κ1) is 14.3. The second kappa shape index (κ2) is 7.50. The summed E-state index contributed by atoms with van der Waals surface area (Å²) in [5.74, 6) is 0. The van der Waals surface area contributed by atoms with Gasteiger partial charge in [0.05, 0.1) is 13.2 Å². The van der Waals surface area contributed by atoms with Crippen LogP contribution in [-0.2, 0) is 4.74 Å². The fourth-order valence-corrected chi connectivity index (χ4v) is 2.08. The minimum absolute atomic E-state index is 0.175. The van der Waals surface area contributed by atoms with Gasteiger partial charge in [-0.2, -0.15) is 0 Å². The molecular formula is C12H24N2O3. The molecule has 1 atom stereocenters. The summed E-state index contributed by atoms with van der Waals surface area (Å²) >= 11 is 0. The van der Waals surface area contributed by atoms with E-state index >= 15 is 0 Å². The van der Waals surface area contributed by atoms with Crippen molar-refractivity contribution in [2.24, 2.45) is 0 Å². The highest BCUT2D eigenvalue weighted by atomic mass is 16.6. The molecule has 1 amide bonds. The van der Waals surface area contributed by atoms with Crippen LogP contribution in [0, 0.1) is 0 Å². The maximum Gasteiger partial charge on any atom is 0.409 e. The third kappa shape index (κ3) is 4.52. The van der Waals surface area contributed by atoms with Crippen LogP contribution >= 0.6 is 0 Å². The van der Waals surface area contributed by atoms with E-state index in [4.69, 9.17) is 9.84 Å². The Labute approximate surface area is 103 Å². The second-order valence-electron chi connectivity index (χ2n) is 4.41. The van der Waals surface area contributed by atoms with Gasteiger partial charge in [0, 0.05) is 25.2 Å². The van der Waals surface area contributed by atoms with Gasteiger partial charge in [0.15, 0.2) is 0 Å². The summed E-state index contributed by atoms with van der Waals surface area (Å²) in [5.41, 5.74) is 0. The Morgan fingerprint density at radius 2 is 2.12 bits per heavy atom. The van der Waals surface area contributed by atoms with Crippen LogP contribution in [0.25, 0.3) is 0 Å². The summed E-state index contributed by atoms with van der Waals surface area (Å²) in [6.45, 7) is 5.95. The standard InChI is InChI=1S/C12H24N2O3/c1-3-10(9-15)13-11-5-7-14(8-6-11)12(16)17-4-2/h10-11,13,15H,3-9H2,1-2H3/t10-/m0/s1. The molecule has 1 fully saturated rings. The number of nitrogens with zero attached hydrogens (tertiary/aromatic N) is 1. The first-order valence-corrected chi connectivity index (χ1v) is 6.49. The van der Waals surface area contributed by atoms with E-state index in [0.717, 1.165) is 32.4 Å². The van der Waals surface area contributed by atoms with Gasteiger partial charge in [-0.05, 0) is 26.2 Å². The van der Waals surface area contributed by atoms with Gasteiger partial charge in [-0.1, -0.05) is 6.92 Å². The van der Waals surface area contributed by atoms with E-state index in [1.807, 2.05) is 6.92 Å². The maximum atomic E-state index is 11.5. The van der Waals surface area contributed by atoms with Crippen molar-refractivity contribution >= 4 is 6.09 Å².